The molecule has 0 bridgehead atoms. The highest BCUT2D eigenvalue weighted by Gasteiger charge is 2.36. The van der Waals surface area contributed by atoms with E-state index in [1.54, 1.807) is 19.1 Å². The minimum absolute atomic E-state index is 0.161. The number of thioether (sulfide) groups is 1. The summed E-state index contributed by atoms with van der Waals surface area (Å²) in [5.41, 5.74) is 1.49. The summed E-state index contributed by atoms with van der Waals surface area (Å²) in [7, 11) is 0. The molecule has 0 aromatic heterocycles. The third-order valence-corrected chi connectivity index (χ3v) is 6.27. The molecule has 1 aliphatic heterocycles. The monoisotopic (exact) mass is 591 g/mol. The standard InChI is InChI=1S/C21H16Cl2INO5S/c1-2-29-18(26)10-25-20(27)17(31-21(25)28)9-13-7-15(22)19(16(23)8-13)30-11-12-3-5-14(24)6-4-12/h3-9H,2,10-11H2,1H3/b17-9+. The van der Waals surface area contributed by atoms with E-state index in [-0.39, 0.29) is 21.6 Å². The van der Waals surface area contributed by atoms with Crippen LogP contribution in [0.5, 0.6) is 5.75 Å². The number of benzene rings is 2. The molecule has 1 heterocycles. The maximum atomic E-state index is 12.5. The van der Waals surface area contributed by atoms with E-state index in [1.165, 1.54) is 6.08 Å². The number of halogens is 3. The molecule has 1 fully saturated rings. The van der Waals surface area contributed by atoms with Crippen LogP contribution < -0.4 is 4.74 Å². The molecule has 3 rings (SSSR count). The van der Waals surface area contributed by atoms with E-state index in [4.69, 9.17) is 32.7 Å². The molecule has 0 spiro atoms. The Kier molecular flexibility index (Phi) is 8.26. The number of hydrogen-bond donors (Lipinski definition) is 0. The van der Waals surface area contributed by atoms with Gasteiger partial charge in [0.15, 0.2) is 5.75 Å². The van der Waals surface area contributed by atoms with E-state index < -0.39 is 23.7 Å². The van der Waals surface area contributed by atoms with Gasteiger partial charge >= 0.3 is 5.97 Å². The Balaban J connectivity index is 1.74. The van der Waals surface area contributed by atoms with Crippen molar-refractivity contribution in [1.82, 2.24) is 4.90 Å². The summed E-state index contributed by atoms with van der Waals surface area (Å²) in [6.45, 7) is 1.68. The second-order valence-corrected chi connectivity index (χ2v) is 9.35. The van der Waals surface area contributed by atoms with Gasteiger partial charge in [0.2, 0.25) is 0 Å². The molecule has 0 radical (unpaired) electrons. The number of carbonyl (C=O) groups is 3. The topological polar surface area (TPSA) is 72.9 Å². The van der Waals surface area contributed by atoms with Gasteiger partial charge in [0, 0.05) is 3.57 Å². The van der Waals surface area contributed by atoms with Crippen molar-refractivity contribution in [3.05, 3.63) is 66.0 Å². The highest BCUT2D eigenvalue weighted by molar-refractivity contribution is 14.1. The van der Waals surface area contributed by atoms with E-state index in [9.17, 15) is 14.4 Å². The van der Waals surface area contributed by atoms with Gasteiger partial charge in [0.25, 0.3) is 11.1 Å². The quantitative estimate of drug-likeness (QED) is 0.231. The number of ether oxygens (including phenoxy) is 2. The smallest absolute Gasteiger partial charge is 0.326 e. The molecule has 0 atom stereocenters. The average Bonchev–Trinajstić information content (AvgIpc) is 2.96. The molecule has 0 saturated carbocycles. The van der Waals surface area contributed by atoms with Crippen molar-refractivity contribution >= 4 is 80.7 Å². The van der Waals surface area contributed by atoms with Crippen LogP contribution in [0.3, 0.4) is 0 Å². The van der Waals surface area contributed by atoms with Crippen molar-refractivity contribution in [2.75, 3.05) is 13.2 Å². The van der Waals surface area contributed by atoms with Crippen LogP contribution in [-0.2, 0) is 20.9 Å². The van der Waals surface area contributed by atoms with Gasteiger partial charge in [-0.25, -0.2) is 0 Å². The van der Waals surface area contributed by atoms with Crippen LogP contribution in [-0.4, -0.2) is 35.2 Å². The first-order valence-corrected chi connectivity index (χ1v) is 11.7. The summed E-state index contributed by atoms with van der Waals surface area (Å²) in [6.07, 6.45) is 1.50. The second kappa shape index (κ2) is 10.7. The van der Waals surface area contributed by atoms with Crippen LogP contribution in [0.4, 0.5) is 4.79 Å². The SMILES string of the molecule is CCOC(=O)CN1C(=O)S/C(=C/c2cc(Cl)c(OCc3ccc(I)cc3)c(Cl)c2)C1=O. The Hall–Kier alpha value is -1.75. The zero-order chi connectivity index (χ0) is 22.5. The Labute approximate surface area is 207 Å². The fraction of sp³-hybridized carbons (Fsp3) is 0.190. The number of imide groups is 1. The molecule has 162 valence electrons. The van der Waals surface area contributed by atoms with Crippen molar-refractivity contribution < 1.29 is 23.9 Å². The predicted molar refractivity (Wildman–Crippen MR) is 129 cm³/mol. The van der Waals surface area contributed by atoms with Gasteiger partial charge in [-0.1, -0.05) is 35.3 Å². The molecule has 10 heteroatoms. The number of amides is 2. The van der Waals surface area contributed by atoms with Crippen LogP contribution in [0.15, 0.2) is 41.3 Å². The van der Waals surface area contributed by atoms with E-state index in [2.05, 4.69) is 22.6 Å². The Morgan fingerprint density at radius 3 is 2.42 bits per heavy atom. The molecule has 2 aromatic carbocycles. The first-order valence-electron chi connectivity index (χ1n) is 9.05. The van der Waals surface area contributed by atoms with Gasteiger partial charge in [-0.2, -0.15) is 0 Å². The average molecular weight is 592 g/mol. The summed E-state index contributed by atoms with van der Waals surface area (Å²) in [4.78, 5) is 37.2. The lowest BCUT2D eigenvalue weighted by molar-refractivity contribution is -0.145. The van der Waals surface area contributed by atoms with Crippen LogP contribution in [0.1, 0.15) is 18.1 Å². The minimum atomic E-state index is -0.647. The van der Waals surface area contributed by atoms with Gasteiger partial charge in [0.1, 0.15) is 13.2 Å². The van der Waals surface area contributed by atoms with Crippen molar-refractivity contribution in [3.8, 4) is 5.75 Å². The molecule has 31 heavy (non-hydrogen) atoms. The van der Waals surface area contributed by atoms with Crippen molar-refractivity contribution in [2.24, 2.45) is 0 Å². The van der Waals surface area contributed by atoms with E-state index in [1.807, 2.05) is 24.3 Å². The molecule has 0 unspecified atom stereocenters. The van der Waals surface area contributed by atoms with Crippen molar-refractivity contribution in [2.45, 2.75) is 13.5 Å². The molecule has 0 aliphatic carbocycles. The summed E-state index contributed by atoms with van der Waals surface area (Å²) in [5, 5.41) is 0.00370. The van der Waals surface area contributed by atoms with Crippen LogP contribution in [0, 0.1) is 3.57 Å². The number of carbonyl (C=O) groups excluding carboxylic acids is 3. The second-order valence-electron chi connectivity index (χ2n) is 6.30. The summed E-state index contributed by atoms with van der Waals surface area (Å²) < 4.78 is 11.7. The molecular formula is C21H16Cl2INO5S. The molecular weight excluding hydrogens is 576 g/mol. The minimum Gasteiger partial charge on any atom is -0.486 e. The number of esters is 1. The highest BCUT2D eigenvalue weighted by Crippen LogP contribution is 2.37. The lowest BCUT2D eigenvalue weighted by Crippen LogP contribution is -2.34. The van der Waals surface area contributed by atoms with Crippen LogP contribution >= 0.6 is 57.6 Å². The van der Waals surface area contributed by atoms with Gasteiger partial charge in [-0.15, -0.1) is 0 Å². The van der Waals surface area contributed by atoms with E-state index in [0.29, 0.717) is 17.9 Å². The highest BCUT2D eigenvalue weighted by atomic mass is 127. The third kappa shape index (κ3) is 6.15. The first kappa shape index (κ1) is 23.9. The summed E-state index contributed by atoms with van der Waals surface area (Å²) in [5.74, 6) is -0.893. The fourth-order valence-electron chi connectivity index (χ4n) is 2.66. The molecule has 2 amide bonds. The lowest BCUT2D eigenvalue weighted by Gasteiger charge is -2.12. The largest absolute Gasteiger partial charge is 0.486 e. The Morgan fingerprint density at radius 1 is 1.16 bits per heavy atom. The molecule has 2 aromatic rings. The van der Waals surface area contributed by atoms with Gasteiger partial charge < -0.3 is 9.47 Å². The number of nitrogens with zero attached hydrogens (tertiary/aromatic N) is 1. The molecule has 6 nitrogen and oxygen atoms in total. The van der Waals surface area contributed by atoms with Gasteiger partial charge in [0.05, 0.1) is 21.6 Å². The number of hydrogen-bond acceptors (Lipinski definition) is 6. The molecule has 0 N–H and O–H groups in total. The Bertz CT molecular complexity index is 1040. The van der Waals surface area contributed by atoms with Gasteiger partial charge in [-0.05, 0) is 82.7 Å². The maximum absolute atomic E-state index is 12.5. The zero-order valence-corrected chi connectivity index (χ0v) is 20.7. The normalized spacial score (nSPS) is 15.0. The maximum Gasteiger partial charge on any atom is 0.326 e. The van der Waals surface area contributed by atoms with Gasteiger partial charge in [-0.3, -0.25) is 19.3 Å². The van der Waals surface area contributed by atoms with E-state index in [0.717, 1.165) is 25.8 Å². The Morgan fingerprint density at radius 2 is 1.81 bits per heavy atom. The fourth-order valence-corrected chi connectivity index (χ4v) is 4.47. The molecule has 1 saturated heterocycles. The van der Waals surface area contributed by atoms with Crippen molar-refractivity contribution in [1.29, 1.82) is 0 Å². The first-order chi connectivity index (χ1) is 14.8. The van der Waals surface area contributed by atoms with Crippen LogP contribution in [0.2, 0.25) is 10.0 Å². The summed E-state index contributed by atoms with van der Waals surface area (Å²) >= 11 is 15.6. The lowest BCUT2D eigenvalue weighted by atomic mass is 10.2. The molecule has 1 aliphatic rings. The van der Waals surface area contributed by atoms with Crippen molar-refractivity contribution in [3.63, 3.8) is 0 Å². The number of rotatable bonds is 7. The third-order valence-electron chi connectivity index (χ3n) is 4.08. The predicted octanol–water partition coefficient (Wildman–Crippen LogP) is 5.78. The van der Waals surface area contributed by atoms with E-state index >= 15 is 0 Å². The van der Waals surface area contributed by atoms with Crippen LogP contribution in [0.25, 0.3) is 6.08 Å². The zero-order valence-electron chi connectivity index (χ0n) is 16.2. The summed E-state index contributed by atoms with van der Waals surface area (Å²) in [6, 6.07) is 11.0.